The summed E-state index contributed by atoms with van der Waals surface area (Å²) >= 11 is 5.73. The van der Waals surface area contributed by atoms with Gasteiger partial charge in [-0.15, -0.1) is 0 Å². The number of nitrogens with zero attached hydrogens (tertiary/aromatic N) is 1. The van der Waals surface area contributed by atoms with E-state index in [0.717, 1.165) is 11.1 Å². The van der Waals surface area contributed by atoms with Crippen LogP contribution in [-0.2, 0) is 14.3 Å². The highest BCUT2D eigenvalue weighted by atomic mass is 35.5. The van der Waals surface area contributed by atoms with Gasteiger partial charge in [0.1, 0.15) is 11.6 Å². The van der Waals surface area contributed by atoms with Crippen LogP contribution in [0.2, 0.25) is 5.02 Å². The van der Waals surface area contributed by atoms with Crippen molar-refractivity contribution in [3.8, 4) is 5.75 Å². The quantitative estimate of drug-likeness (QED) is 0.798. The van der Waals surface area contributed by atoms with Gasteiger partial charge in [-0.1, -0.05) is 23.7 Å². The summed E-state index contributed by atoms with van der Waals surface area (Å²) in [4.78, 5) is 27.8. The second-order valence-electron chi connectivity index (χ2n) is 5.54. The highest BCUT2D eigenvalue weighted by molar-refractivity contribution is 6.30. The molecule has 1 atom stereocenters. The van der Waals surface area contributed by atoms with Gasteiger partial charge in [0.25, 0.3) is 5.91 Å². The number of pyridine rings is 1. The number of halogens is 1. The van der Waals surface area contributed by atoms with Gasteiger partial charge in [-0.05, 0) is 50.1 Å². The normalized spacial score (nSPS) is 11.5. The number of rotatable bonds is 6. The molecule has 1 heterocycles. The molecular weight excluding hydrogens is 344 g/mol. The average molecular weight is 363 g/mol. The van der Waals surface area contributed by atoms with Crippen molar-refractivity contribution in [2.75, 3.05) is 11.9 Å². The summed E-state index contributed by atoms with van der Waals surface area (Å²) in [5.41, 5.74) is 1.94. The number of amides is 1. The molecule has 2 rings (SSSR count). The molecule has 1 N–H and O–H groups in total. The fourth-order valence-electron chi connectivity index (χ4n) is 1.96. The van der Waals surface area contributed by atoms with E-state index >= 15 is 0 Å². The molecule has 0 fully saturated rings. The van der Waals surface area contributed by atoms with Crippen molar-refractivity contribution in [2.24, 2.45) is 0 Å². The highest BCUT2D eigenvalue weighted by Gasteiger charge is 2.19. The zero-order valence-electron chi connectivity index (χ0n) is 14.2. The molecule has 7 heteroatoms. The van der Waals surface area contributed by atoms with Crippen LogP contribution < -0.4 is 10.1 Å². The summed E-state index contributed by atoms with van der Waals surface area (Å²) in [6.45, 7) is 5.01. The monoisotopic (exact) mass is 362 g/mol. The number of carbonyl (C=O) groups excluding carboxylic acids is 2. The van der Waals surface area contributed by atoms with Gasteiger partial charge in [0.15, 0.2) is 12.7 Å². The van der Waals surface area contributed by atoms with Crippen LogP contribution in [0.1, 0.15) is 18.1 Å². The van der Waals surface area contributed by atoms with Crippen molar-refractivity contribution in [1.82, 2.24) is 4.98 Å². The van der Waals surface area contributed by atoms with Gasteiger partial charge >= 0.3 is 5.97 Å². The minimum Gasteiger partial charge on any atom is -0.482 e. The third-order valence-corrected chi connectivity index (χ3v) is 3.57. The number of benzene rings is 1. The lowest BCUT2D eigenvalue weighted by molar-refractivity contribution is -0.155. The van der Waals surface area contributed by atoms with Crippen molar-refractivity contribution in [3.05, 3.63) is 52.7 Å². The Morgan fingerprint density at radius 2 is 2.00 bits per heavy atom. The van der Waals surface area contributed by atoms with Crippen molar-refractivity contribution in [2.45, 2.75) is 26.9 Å². The molecule has 0 bridgehead atoms. The Balaban J connectivity index is 1.83. The van der Waals surface area contributed by atoms with E-state index in [0.29, 0.717) is 16.6 Å². The summed E-state index contributed by atoms with van der Waals surface area (Å²) in [6, 6.07) is 8.85. The third-order valence-electron chi connectivity index (χ3n) is 3.35. The van der Waals surface area contributed by atoms with Crippen molar-refractivity contribution >= 4 is 29.3 Å². The minimum atomic E-state index is -0.979. The molecule has 1 unspecified atom stereocenters. The number of aryl methyl sites for hydroxylation is 2. The van der Waals surface area contributed by atoms with Crippen LogP contribution in [0.25, 0.3) is 0 Å². The van der Waals surface area contributed by atoms with Crippen LogP contribution in [0.5, 0.6) is 5.75 Å². The number of esters is 1. The Bertz CT molecular complexity index is 762. The van der Waals surface area contributed by atoms with E-state index in [2.05, 4.69) is 10.3 Å². The van der Waals surface area contributed by atoms with Gasteiger partial charge in [-0.2, -0.15) is 0 Å². The maximum absolute atomic E-state index is 12.0. The van der Waals surface area contributed by atoms with Crippen LogP contribution in [0.4, 0.5) is 5.82 Å². The first-order chi connectivity index (χ1) is 11.8. The van der Waals surface area contributed by atoms with Crippen LogP contribution in [0.3, 0.4) is 0 Å². The first-order valence-corrected chi connectivity index (χ1v) is 8.05. The van der Waals surface area contributed by atoms with E-state index in [-0.39, 0.29) is 6.61 Å². The first kappa shape index (κ1) is 18.7. The Hall–Kier alpha value is -2.60. The number of hydrogen-bond donors (Lipinski definition) is 1. The van der Waals surface area contributed by atoms with E-state index < -0.39 is 18.0 Å². The van der Waals surface area contributed by atoms with Crippen LogP contribution in [-0.4, -0.2) is 29.6 Å². The lowest BCUT2D eigenvalue weighted by Gasteiger charge is -2.14. The smallest absolute Gasteiger partial charge is 0.344 e. The fraction of sp³-hybridized carbons (Fsp3) is 0.278. The molecule has 0 saturated carbocycles. The molecule has 1 aromatic carbocycles. The highest BCUT2D eigenvalue weighted by Crippen LogP contribution is 2.19. The molecule has 0 spiro atoms. The minimum absolute atomic E-state index is 0.277. The Morgan fingerprint density at radius 1 is 1.24 bits per heavy atom. The van der Waals surface area contributed by atoms with E-state index in [1.54, 1.807) is 12.1 Å². The predicted octanol–water partition coefficient (Wildman–Crippen LogP) is 3.30. The molecule has 2 aromatic rings. The van der Waals surface area contributed by atoms with Gasteiger partial charge in [-0.3, -0.25) is 4.79 Å². The molecule has 0 saturated heterocycles. The molecule has 0 radical (unpaired) electrons. The summed E-state index contributed by atoms with van der Waals surface area (Å²) in [7, 11) is 0. The Labute approximate surface area is 151 Å². The largest absolute Gasteiger partial charge is 0.482 e. The lowest BCUT2D eigenvalue weighted by atomic mass is 10.1. The second kappa shape index (κ2) is 8.48. The molecule has 1 amide bonds. The predicted molar refractivity (Wildman–Crippen MR) is 94.8 cm³/mol. The summed E-state index contributed by atoms with van der Waals surface area (Å²) in [6.07, 6.45) is 0.429. The third kappa shape index (κ3) is 5.76. The molecule has 25 heavy (non-hydrogen) atoms. The number of ether oxygens (including phenoxy) is 2. The molecule has 0 aliphatic rings. The van der Waals surface area contributed by atoms with E-state index in [1.165, 1.54) is 13.1 Å². The second-order valence-corrected chi connectivity index (χ2v) is 5.98. The van der Waals surface area contributed by atoms with Gasteiger partial charge < -0.3 is 14.8 Å². The summed E-state index contributed by atoms with van der Waals surface area (Å²) in [5.74, 6) is -0.189. The number of nitrogens with one attached hydrogen (secondary N) is 1. The van der Waals surface area contributed by atoms with E-state index in [1.807, 2.05) is 32.0 Å². The van der Waals surface area contributed by atoms with Gasteiger partial charge in [0, 0.05) is 6.20 Å². The average Bonchev–Trinajstić information content (AvgIpc) is 2.57. The molecule has 0 aliphatic carbocycles. The molecular formula is C18H19ClN2O4. The first-order valence-electron chi connectivity index (χ1n) is 7.67. The number of hydrogen-bond acceptors (Lipinski definition) is 5. The summed E-state index contributed by atoms with van der Waals surface area (Å²) < 4.78 is 10.5. The fourth-order valence-corrected chi connectivity index (χ4v) is 2.07. The molecule has 1 aromatic heterocycles. The topological polar surface area (TPSA) is 77.5 Å². The maximum Gasteiger partial charge on any atom is 0.344 e. The zero-order valence-corrected chi connectivity index (χ0v) is 15.0. The van der Waals surface area contributed by atoms with Gasteiger partial charge in [0.05, 0.1) is 5.02 Å². The zero-order chi connectivity index (χ0) is 18.4. The number of anilines is 1. The van der Waals surface area contributed by atoms with Gasteiger partial charge in [0.2, 0.25) is 0 Å². The van der Waals surface area contributed by atoms with E-state index in [4.69, 9.17) is 21.1 Å². The Morgan fingerprint density at radius 3 is 2.68 bits per heavy atom. The van der Waals surface area contributed by atoms with Crippen LogP contribution in [0.15, 0.2) is 36.5 Å². The SMILES string of the molecule is Cc1ccc(C)c(OCC(=O)OC(C)C(=O)Nc2ccc(Cl)cn2)c1. The van der Waals surface area contributed by atoms with Crippen molar-refractivity contribution in [3.63, 3.8) is 0 Å². The van der Waals surface area contributed by atoms with Crippen LogP contribution >= 0.6 is 11.6 Å². The van der Waals surface area contributed by atoms with Crippen molar-refractivity contribution in [1.29, 1.82) is 0 Å². The van der Waals surface area contributed by atoms with Crippen molar-refractivity contribution < 1.29 is 19.1 Å². The number of aromatic nitrogens is 1. The van der Waals surface area contributed by atoms with Gasteiger partial charge in [-0.25, -0.2) is 9.78 Å². The van der Waals surface area contributed by atoms with Crippen LogP contribution in [0, 0.1) is 13.8 Å². The Kier molecular flexibility index (Phi) is 6.36. The lowest BCUT2D eigenvalue weighted by Crippen LogP contribution is -2.32. The maximum atomic E-state index is 12.0. The summed E-state index contributed by atoms with van der Waals surface area (Å²) in [5, 5.41) is 3.00. The molecule has 132 valence electrons. The molecule has 0 aliphatic heterocycles. The molecule has 6 nitrogen and oxygen atoms in total. The standard InChI is InChI=1S/C18H19ClN2O4/c1-11-4-5-12(2)15(8-11)24-10-17(22)25-13(3)18(23)21-16-7-6-14(19)9-20-16/h4-9,13H,10H2,1-3H3,(H,20,21,23). The van der Waals surface area contributed by atoms with E-state index in [9.17, 15) is 9.59 Å². The number of carbonyl (C=O) groups is 2.